The predicted octanol–water partition coefficient (Wildman–Crippen LogP) is 4.47. The monoisotopic (exact) mass is 306 g/mol. The van der Waals surface area contributed by atoms with Crippen LogP contribution in [0.1, 0.15) is 5.56 Å². The highest BCUT2D eigenvalue weighted by molar-refractivity contribution is 7.80. The molecule has 104 valence electrons. The predicted molar refractivity (Wildman–Crippen MR) is 89.0 cm³/mol. The number of ether oxygens (including phenoxy) is 1. The highest BCUT2D eigenvalue weighted by atomic mass is 35.5. The quantitative estimate of drug-likeness (QED) is 0.820. The van der Waals surface area contributed by atoms with Gasteiger partial charge in [0.1, 0.15) is 5.75 Å². The largest absolute Gasteiger partial charge is 0.497 e. The van der Waals surface area contributed by atoms with Crippen LogP contribution in [0.2, 0.25) is 5.02 Å². The van der Waals surface area contributed by atoms with Gasteiger partial charge in [-0.05, 0) is 49.0 Å². The molecular formula is C15H15ClN2OS. The fourth-order valence-corrected chi connectivity index (χ4v) is 2.11. The number of thiocarbonyl (C=S) groups is 1. The lowest BCUT2D eigenvalue weighted by atomic mass is 10.2. The van der Waals surface area contributed by atoms with Crippen LogP contribution in [0, 0.1) is 6.92 Å². The number of aryl methyl sites for hydroxylation is 1. The molecule has 0 spiro atoms. The number of anilines is 2. The molecule has 0 saturated carbocycles. The van der Waals surface area contributed by atoms with Crippen LogP contribution >= 0.6 is 23.8 Å². The summed E-state index contributed by atoms with van der Waals surface area (Å²) in [7, 11) is 1.63. The number of methoxy groups -OCH3 is 1. The van der Waals surface area contributed by atoms with Crippen LogP contribution in [0.3, 0.4) is 0 Å². The Bertz CT molecular complexity index is 631. The van der Waals surface area contributed by atoms with E-state index in [1.807, 2.05) is 49.4 Å². The fourth-order valence-electron chi connectivity index (χ4n) is 1.71. The van der Waals surface area contributed by atoms with Gasteiger partial charge >= 0.3 is 0 Å². The van der Waals surface area contributed by atoms with Crippen molar-refractivity contribution in [3.8, 4) is 5.75 Å². The molecule has 0 unspecified atom stereocenters. The second-order valence-electron chi connectivity index (χ2n) is 4.27. The van der Waals surface area contributed by atoms with Gasteiger partial charge in [0.15, 0.2) is 5.11 Å². The van der Waals surface area contributed by atoms with Crippen molar-refractivity contribution in [2.75, 3.05) is 17.7 Å². The summed E-state index contributed by atoms with van der Waals surface area (Å²) in [5.74, 6) is 0.775. The van der Waals surface area contributed by atoms with Crippen molar-refractivity contribution < 1.29 is 4.74 Å². The first-order valence-electron chi connectivity index (χ1n) is 6.06. The zero-order valence-electron chi connectivity index (χ0n) is 11.2. The maximum Gasteiger partial charge on any atom is 0.175 e. The molecule has 3 nitrogen and oxygen atoms in total. The van der Waals surface area contributed by atoms with Gasteiger partial charge in [0, 0.05) is 22.5 Å². The van der Waals surface area contributed by atoms with E-state index >= 15 is 0 Å². The summed E-state index contributed by atoms with van der Waals surface area (Å²) in [5, 5.41) is 7.41. The molecule has 0 aromatic heterocycles. The van der Waals surface area contributed by atoms with E-state index in [2.05, 4.69) is 10.6 Å². The van der Waals surface area contributed by atoms with E-state index in [4.69, 9.17) is 28.6 Å². The van der Waals surface area contributed by atoms with Crippen molar-refractivity contribution in [2.45, 2.75) is 6.92 Å². The second-order valence-corrected chi connectivity index (χ2v) is 5.12. The van der Waals surface area contributed by atoms with Crippen molar-refractivity contribution in [2.24, 2.45) is 0 Å². The van der Waals surface area contributed by atoms with Crippen molar-refractivity contribution in [3.63, 3.8) is 0 Å². The molecule has 0 saturated heterocycles. The topological polar surface area (TPSA) is 33.3 Å². The average Bonchev–Trinajstić information content (AvgIpc) is 2.43. The lowest BCUT2D eigenvalue weighted by molar-refractivity contribution is 0.415. The first-order chi connectivity index (χ1) is 9.58. The highest BCUT2D eigenvalue weighted by Crippen LogP contribution is 2.21. The molecule has 0 aliphatic rings. The maximum atomic E-state index is 5.98. The molecule has 20 heavy (non-hydrogen) atoms. The van der Waals surface area contributed by atoms with Crippen LogP contribution < -0.4 is 15.4 Å². The van der Waals surface area contributed by atoms with E-state index in [0.717, 1.165) is 22.7 Å². The molecular weight excluding hydrogens is 292 g/mol. The molecule has 0 heterocycles. The van der Waals surface area contributed by atoms with Gasteiger partial charge in [0.2, 0.25) is 0 Å². The first-order valence-corrected chi connectivity index (χ1v) is 6.85. The molecule has 0 aliphatic heterocycles. The molecule has 0 fully saturated rings. The molecule has 0 radical (unpaired) electrons. The maximum absolute atomic E-state index is 5.98. The minimum absolute atomic E-state index is 0.503. The summed E-state index contributed by atoms with van der Waals surface area (Å²) < 4.78 is 5.17. The highest BCUT2D eigenvalue weighted by Gasteiger charge is 2.03. The average molecular weight is 307 g/mol. The van der Waals surface area contributed by atoms with Gasteiger partial charge in [-0.2, -0.15) is 0 Å². The van der Waals surface area contributed by atoms with Gasteiger partial charge < -0.3 is 15.4 Å². The summed E-state index contributed by atoms with van der Waals surface area (Å²) in [4.78, 5) is 0. The standard InChI is InChI=1S/C15H15ClN2OS/c1-10-6-7-11(16)8-14(10)18-15(20)17-12-4-3-5-13(9-12)19-2/h3-9H,1-2H3,(H2,17,18,20). The SMILES string of the molecule is COc1cccc(NC(=S)Nc2cc(Cl)ccc2C)c1. The van der Waals surface area contributed by atoms with Gasteiger partial charge in [-0.1, -0.05) is 23.7 Å². The van der Waals surface area contributed by atoms with Gasteiger partial charge in [0.25, 0.3) is 0 Å². The summed E-state index contributed by atoms with van der Waals surface area (Å²) in [6.45, 7) is 1.99. The molecule has 0 bridgehead atoms. The van der Waals surface area contributed by atoms with E-state index in [9.17, 15) is 0 Å². The van der Waals surface area contributed by atoms with Crippen LogP contribution in [0.15, 0.2) is 42.5 Å². The van der Waals surface area contributed by atoms with Crippen LogP contribution in [0.4, 0.5) is 11.4 Å². The lowest BCUT2D eigenvalue weighted by Crippen LogP contribution is -2.19. The Morgan fingerprint density at radius 1 is 1.15 bits per heavy atom. The Kier molecular flexibility index (Phi) is 4.82. The first kappa shape index (κ1) is 14.6. The molecule has 0 aliphatic carbocycles. The number of nitrogens with one attached hydrogen (secondary N) is 2. The summed E-state index contributed by atoms with van der Waals surface area (Å²) in [6.07, 6.45) is 0. The summed E-state index contributed by atoms with van der Waals surface area (Å²) in [6, 6.07) is 13.2. The number of rotatable bonds is 3. The molecule has 2 aromatic carbocycles. The Hall–Kier alpha value is -1.78. The van der Waals surface area contributed by atoms with Crippen molar-refractivity contribution in [3.05, 3.63) is 53.1 Å². The summed E-state index contributed by atoms with van der Waals surface area (Å²) >= 11 is 11.3. The van der Waals surface area contributed by atoms with E-state index in [1.54, 1.807) is 7.11 Å². The summed E-state index contributed by atoms with van der Waals surface area (Å²) in [5.41, 5.74) is 2.82. The molecule has 5 heteroatoms. The van der Waals surface area contributed by atoms with Crippen LogP contribution in [-0.2, 0) is 0 Å². The van der Waals surface area contributed by atoms with Crippen molar-refractivity contribution in [1.29, 1.82) is 0 Å². The van der Waals surface area contributed by atoms with Crippen molar-refractivity contribution in [1.82, 2.24) is 0 Å². The second kappa shape index (κ2) is 6.59. The minimum Gasteiger partial charge on any atom is -0.497 e. The Labute approximate surface area is 128 Å². The molecule has 0 atom stereocenters. The third kappa shape index (κ3) is 3.85. The van der Waals surface area contributed by atoms with Crippen LogP contribution in [-0.4, -0.2) is 12.2 Å². The number of halogens is 1. The molecule has 2 aromatic rings. The Morgan fingerprint density at radius 2 is 1.95 bits per heavy atom. The van der Waals surface area contributed by atoms with E-state index in [1.165, 1.54) is 0 Å². The van der Waals surface area contributed by atoms with E-state index in [-0.39, 0.29) is 0 Å². The molecule has 0 amide bonds. The fraction of sp³-hybridized carbons (Fsp3) is 0.133. The lowest BCUT2D eigenvalue weighted by Gasteiger charge is -2.13. The molecule has 2 rings (SSSR count). The Morgan fingerprint density at radius 3 is 2.70 bits per heavy atom. The minimum atomic E-state index is 0.503. The van der Waals surface area contributed by atoms with Crippen LogP contribution in [0.5, 0.6) is 5.75 Å². The number of hydrogen-bond acceptors (Lipinski definition) is 2. The van der Waals surface area contributed by atoms with Gasteiger partial charge in [-0.25, -0.2) is 0 Å². The normalized spacial score (nSPS) is 9.95. The van der Waals surface area contributed by atoms with Gasteiger partial charge in [-0.3, -0.25) is 0 Å². The third-order valence-electron chi connectivity index (χ3n) is 2.78. The molecule has 2 N–H and O–H groups in total. The Balaban J connectivity index is 2.07. The zero-order chi connectivity index (χ0) is 14.5. The van der Waals surface area contributed by atoms with E-state index < -0.39 is 0 Å². The number of benzene rings is 2. The smallest absolute Gasteiger partial charge is 0.175 e. The van der Waals surface area contributed by atoms with Gasteiger partial charge in [0.05, 0.1) is 7.11 Å². The van der Waals surface area contributed by atoms with Gasteiger partial charge in [-0.15, -0.1) is 0 Å². The van der Waals surface area contributed by atoms with E-state index in [0.29, 0.717) is 10.1 Å². The third-order valence-corrected chi connectivity index (χ3v) is 3.21. The zero-order valence-corrected chi connectivity index (χ0v) is 12.8. The number of hydrogen-bond donors (Lipinski definition) is 2. The van der Waals surface area contributed by atoms with Crippen molar-refractivity contribution >= 4 is 40.3 Å². The van der Waals surface area contributed by atoms with Crippen LogP contribution in [0.25, 0.3) is 0 Å².